The molecule has 3 nitrogen and oxygen atoms in total. The van der Waals surface area contributed by atoms with Crippen LogP contribution in [0.5, 0.6) is 5.75 Å². The Hall–Kier alpha value is -2.29. The summed E-state index contributed by atoms with van der Waals surface area (Å²) in [4.78, 5) is 11.8. The van der Waals surface area contributed by atoms with Crippen LogP contribution in [0.1, 0.15) is 49.4 Å². The minimum Gasteiger partial charge on any atom is -0.489 e. The summed E-state index contributed by atoms with van der Waals surface area (Å²) in [7, 11) is 0. The van der Waals surface area contributed by atoms with Gasteiger partial charge in [0.1, 0.15) is 12.4 Å². The van der Waals surface area contributed by atoms with Crippen molar-refractivity contribution in [1.82, 2.24) is 0 Å². The summed E-state index contributed by atoms with van der Waals surface area (Å²) >= 11 is 0. The molecule has 0 heterocycles. The first-order chi connectivity index (χ1) is 11.6. The fourth-order valence-electron chi connectivity index (χ4n) is 2.57. The molecule has 2 aromatic carbocycles. The van der Waals surface area contributed by atoms with E-state index in [2.05, 4.69) is 44.3 Å². The molecule has 1 amide bonds. The van der Waals surface area contributed by atoms with Gasteiger partial charge in [-0.2, -0.15) is 0 Å². The van der Waals surface area contributed by atoms with Crippen molar-refractivity contribution in [3.05, 3.63) is 58.7 Å². The molecule has 0 atom stereocenters. The summed E-state index contributed by atoms with van der Waals surface area (Å²) in [6, 6.07) is 12.5. The van der Waals surface area contributed by atoms with Crippen molar-refractivity contribution >= 4 is 11.6 Å². The van der Waals surface area contributed by atoms with Gasteiger partial charge in [-0.1, -0.05) is 45.0 Å². The third-order valence-corrected chi connectivity index (χ3v) is 4.21. The summed E-state index contributed by atoms with van der Waals surface area (Å²) in [5, 5.41) is 2.99. The van der Waals surface area contributed by atoms with E-state index in [1.54, 1.807) is 0 Å². The highest BCUT2D eigenvalue weighted by molar-refractivity contribution is 5.91. The molecule has 0 fully saturated rings. The van der Waals surface area contributed by atoms with Crippen molar-refractivity contribution in [2.45, 2.75) is 53.6 Å². The molecule has 24 heavy (non-hydrogen) atoms. The molecule has 0 saturated carbocycles. The second kappa shape index (κ2) is 8.53. The summed E-state index contributed by atoms with van der Waals surface area (Å²) in [6.07, 6.45) is 2.43. The van der Waals surface area contributed by atoms with Crippen LogP contribution in [0.2, 0.25) is 0 Å². The third kappa shape index (κ3) is 4.60. The Bertz CT molecular complexity index is 707. The number of anilines is 1. The van der Waals surface area contributed by atoms with Gasteiger partial charge in [-0.25, -0.2) is 0 Å². The topological polar surface area (TPSA) is 38.3 Å². The standard InChI is InChI=1S/C21H27NO2/c1-5-16-9-11-20(15(4)12-16)24-14-18-10-8-17(6-2)13-19(18)22-21(23)7-3/h8-13H,5-7,14H2,1-4H3,(H,22,23). The van der Waals surface area contributed by atoms with E-state index < -0.39 is 0 Å². The van der Waals surface area contributed by atoms with Crippen LogP contribution >= 0.6 is 0 Å². The Morgan fingerprint density at radius 3 is 2.29 bits per heavy atom. The molecule has 0 aromatic heterocycles. The molecule has 0 aliphatic heterocycles. The molecule has 0 spiro atoms. The van der Waals surface area contributed by atoms with Crippen LogP contribution < -0.4 is 10.1 Å². The second-order valence-corrected chi connectivity index (χ2v) is 5.99. The number of ether oxygens (including phenoxy) is 1. The predicted octanol–water partition coefficient (Wildman–Crippen LogP) is 5.05. The average molecular weight is 325 g/mol. The minimum atomic E-state index is 0.0213. The van der Waals surface area contributed by atoms with Gasteiger partial charge in [0.05, 0.1) is 0 Å². The SMILES string of the molecule is CCC(=O)Nc1cc(CC)ccc1COc1ccc(CC)cc1C. The minimum absolute atomic E-state index is 0.0213. The third-order valence-electron chi connectivity index (χ3n) is 4.21. The van der Waals surface area contributed by atoms with Gasteiger partial charge in [-0.05, 0) is 48.6 Å². The quantitative estimate of drug-likeness (QED) is 0.774. The first-order valence-electron chi connectivity index (χ1n) is 8.71. The fraction of sp³-hybridized carbons (Fsp3) is 0.381. The van der Waals surface area contributed by atoms with Crippen molar-refractivity contribution < 1.29 is 9.53 Å². The maximum atomic E-state index is 11.8. The van der Waals surface area contributed by atoms with Crippen LogP contribution in [0.4, 0.5) is 5.69 Å². The van der Waals surface area contributed by atoms with Crippen LogP contribution in [0.15, 0.2) is 36.4 Å². The van der Waals surface area contributed by atoms with E-state index in [4.69, 9.17) is 4.74 Å². The number of hydrogen-bond donors (Lipinski definition) is 1. The largest absolute Gasteiger partial charge is 0.489 e. The molecule has 0 bridgehead atoms. The number of carbonyl (C=O) groups is 1. The lowest BCUT2D eigenvalue weighted by molar-refractivity contribution is -0.115. The number of aryl methyl sites for hydroxylation is 3. The highest BCUT2D eigenvalue weighted by atomic mass is 16.5. The summed E-state index contributed by atoms with van der Waals surface area (Å²) in [6.45, 7) is 8.61. The molecule has 1 N–H and O–H groups in total. The maximum Gasteiger partial charge on any atom is 0.224 e. The summed E-state index contributed by atoms with van der Waals surface area (Å²) in [5.74, 6) is 0.910. The molecule has 0 radical (unpaired) electrons. The zero-order chi connectivity index (χ0) is 17.5. The van der Waals surface area contributed by atoms with Crippen molar-refractivity contribution in [2.75, 3.05) is 5.32 Å². The number of hydrogen-bond acceptors (Lipinski definition) is 2. The Labute approximate surface area is 145 Å². The summed E-state index contributed by atoms with van der Waals surface area (Å²) < 4.78 is 6.00. The predicted molar refractivity (Wildman–Crippen MR) is 99.6 cm³/mol. The zero-order valence-electron chi connectivity index (χ0n) is 15.1. The lowest BCUT2D eigenvalue weighted by Crippen LogP contribution is -2.12. The number of nitrogens with one attached hydrogen (secondary N) is 1. The molecular formula is C21H27NO2. The van der Waals surface area contributed by atoms with Gasteiger partial charge in [0.15, 0.2) is 0 Å². The highest BCUT2D eigenvalue weighted by Crippen LogP contribution is 2.24. The second-order valence-electron chi connectivity index (χ2n) is 5.99. The zero-order valence-corrected chi connectivity index (χ0v) is 15.1. The molecular weight excluding hydrogens is 298 g/mol. The Kier molecular flexibility index (Phi) is 6.42. The van der Waals surface area contributed by atoms with Crippen molar-refractivity contribution in [2.24, 2.45) is 0 Å². The van der Waals surface area contributed by atoms with Crippen molar-refractivity contribution in [1.29, 1.82) is 0 Å². The highest BCUT2D eigenvalue weighted by Gasteiger charge is 2.09. The van der Waals surface area contributed by atoms with E-state index in [0.717, 1.165) is 35.4 Å². The van der Waals surface area contributed by atoms with Gasteiger partial charge in [0.2, 0.25) is 5.91 Å². The molecule has 3 heteroatoms. The number of amides is 1. The Morgan fingerprint density at radius 2 is 1.67 bits per heavy atom. The first-order valence-corrected chi connectivity index (χ1v) is 8.71. The summed E-state index contributed by atoms with van der Waals surface area (Å²) in [5.41, 5.74) is 5.49. The van der Waals surface area contributed by atoms with E-state index in [1.165, 1.54) is 11.1 Å². The molecule has 128 valence electrons. The molecule has 2 rings (SSSR count). The van der Waals surface area contributed by atoms with Gasteiger partial charge in [-0.15, -0.1) is 0 Å². The van der Waals surface area contributed by atoms with E-state index in [-0.39, 0.29) is 5.91 Å². The molecule has 2 aromatic rings. The van der Waals surface area contributed by atoms with Crippen LogP contribution in [0.25, 0.3) is 0 Å². The number of rotatable bonds is 7. The van der Waals surface area contributed by atoms with E-state index in [0.29, 0.717) is 13.0 Å². The van der Waals surface area contributed by atoms with E-state index >= 15 is 0 Å². The van der Waals surface area contributed by atoms with Gasteiger partial charge < -0.3 is 10.1 Å². The Balaban J connectivity index is 2.18. The molecule has 0 saturated heterocycles. The first kappa shape index (κ1) is 18.1. The van der Waals surface area contributed by atoms with E-state index in [1.807, 2.05) is 25.1 Å². The lowest BCUT2D eigenvalue weighted by atomic mass is 10.1. The van der Waals surface area contributed by atoms with Crippen LogP contribution in [-0.4, -0.2) is 5.91 Å². The van der Waals surface area contributed by atoms with Crippen molar-refractivity contribution in [3.8, 4) is 5.75 Å². The monoisotopic (exact) mass is 325 g/mol. The maximum absolute atomic E-state index is 11.8. The average Bonchev–Trinajstić information content (AvgIpc) is 2.61. The van der Waals surface area contributed by atoms with Crippen molar-refractivity contribution in [3.63, 3.8) is 0 Å². The Morgan fingerprint density at radius 1 is 1.00 bits per heavy atom. The van der Waals surface area contributed by atoms with Gasteiger partial charge in [0, 0.05) is 17.7 Å². The lowest BCUT2D eigenvalue weighted by Gasteiger charge is -2.15. The normalized spacial score (nSPS) is 10.5. The van der Waals surface area contributed by atoms with Gasteiger partial charge >= 0.3 is 0 Å². The van der Waals surface area contributed by atoms with Crippen LogP contribution in [0.3, 0.4) is 0 Å². The van der Waals surface area contributed by atoms with Crippen LogP contribution in [-0.2, 0) is 24.2 Å². The molecule has 0 aliphatic carbocycles. The van der Waals surface area contributed by atoms with Gasteiger partial charge in [0.25, 0.3) is 0 Å². The number of benzene rings is 2. The smallest absolute Gasteiger partial charge is 0.224 e. The van der Waals surface area contributed by atoms with Crippen LogP contribution in [0, 0.1) is 6.92 Å². The van der Waals surface area contributed by atoms with E-state index in [9.17, 15) is 4.79 Å². The fourth-order valence-corrected chi connectivity index (χ4v) is 2.57. The number of carbonyl (C=O) groups excluding carboxylic acids is 1. The molecule has 0 unspecified atom stereocenters. The van der Waals surface area contributed by atoms with Gasteiger partial charge in [-0.3, -0.25) is 4.79 Å². The molecule has 0 aliphatic rings.